The van der Waals surface area contributed by atoms with Gasteiger partial charge < -0.3 is 5.73 Å². The number of rotatable bonds is 2. The fourth-order valence-electron chi connectivity index (χ4n) is 2.30. The van der Waals surface area contributed by atoms with E-state index in [1.165, 1.54) is 19.3 Å². The van der Waals surface area contributed by atoms with Crippen molar-refractivity contribution in [3.05, 3.63) is 11.3 Å². The molecule has 0 aliphatic heterocycles. The third-order valence-electron chi connectivity index (χ3n) is 3.42. The van der Waals surface area contributed by atoms with Crippen LogP contribution in [-0.4, -0.2) is 0 Å². The molecule has 2 nitrogen and oxygen atoms in total. The normalized spacial score (nSPS) is 22.4. The molecule has 1 rings (SSSR count). The average molecular weight is 192 g/mol. The predicted molar refractivity (Wildman–Crippen MR) is 58.3 cm³/mol. The molecule has 2 heteroatoms. The largest absolute Gasteiger partial charge is 0.401 e. The number of allylic oxidation sites excluding steroid dienone is 2. The first-order valence-corrected chi connectivity index (χ1v) is 5.53. The molecule has 0 aromatic heterocycles. The van der Waals surface area contributed by atoms with Gasteiger partial charge in [-0.15, -0.1) is 0 Å². The van der Waals surface area contributed by atoms with E-state index in [1.807, 2.05) is 6.92 Å². The molecule has 0 aromatic rings. The molecule has 0 bridgehead atoms. The van der Waals surface area contributed by atoms with Gasteiger partial charge in [0.1, 0.15) is 0 Å². The van der Waals surface area contributed by atoms with E-state index in [9.17, 15) is 0 Å². The number of hydrogen-bond acceptors (Lipinski definition) is 2. The van der Waals surface area contributed by atoms with Gasteiger partial charge in [0.25, 0.3) is 0 Å². The van der Waals surface area contributed by atoms with Crippen LogP contribution >= 0.6 is 0 Å². The Morgan fingerprint density at radius 2 is 1.93 bits per heavy atom. The van der Waals surface area contributed by atoms with Crippen molar-refractivity contribution in [1.29, 1.82) is 5.26 Å². The minimum absolute atomic E-state index is 0.0966. The summed E-state index contributed by atoms with van der Waals surface area (Å²) in [6.45, 7) is 4.20. The van der Waals surface area contributed by atoms with Crippen molar-refractivity contribution in [2.24, 2.45) is 11.1 Å². The number of nitriles is 1. The molecule has 0 heterocycles. The van der Waals surface area contributed by atoms with Gasteiger partial charge >= 0.3 is 0 Å². The lowest BCUT2D eigenvalue weighted by Gasteiger charge is -2.34. The Bertz CT molecular complexity index is 265. The second kappa shape index (κ2) is 4.50. The SMILES string of the molecule is CCC(C#N)=C(N)C1(C)CCCCC1. The second-order valence-corrected chi connectivity index (χ2v) is 4.48. The Morgan fingerprint density at radius 3 is 2.36 bits per heavy atom. The van der Waals surface area contributed by atoms with Crippen LogP contribution in [0.4, 0.5) is 0 Å². The maximum atomic E-state index is 8.95. The monoisotopic (exact) mass is 192 g/mol. The van der Waals surface area contributed by atoms with Crippen LogP contribution in [0, 0.1) is 16.7 Å². The van der Waals surface area contributed by atoms with Crippen LogP contribution in [0.3, 0.4) is 0 Å². The lowest BCUT2D eigenvalue weighted by atomic mass is 9.72. The molecule has 14 heavy (non-hydrogen) atoms. The first-order chi connectivity index (χ1) is 6.64. The molecule has 1 fully saturated rings. The molecule has 0 spiro atoms. The molecule has 0 atom stereocenters. The third-order valence-corrected chi connectivity index (χ3v) is 3.42. The zero-order valence-electron chi connectivity index (χ0n) is 9.27. The van der Waals surface area contributed by atoms with Gasteiger partial charge in [-0.05, 0) is 19.3 Å². The highest BCUT2D eigenvalue weighted by atomic mass is 14.6. The summed E-state index contributed by atoms with van der Waals surface area (Å²) in [5.74, 6) is 0. The van der Waals surface area contributed by atoms with Gasteiger partial charge in [-0.2, -0.15) is 5.26 Å². The van der Waals surface area contributed by atoms with Crippen molar-refractivity contribution in [3.63, 3.8) is 0 Å². The van der Waals surface area contributed by atoms with E-state index in [0.29, 0.717) is 0 Å². The summed E-state index contributed by atoms with van der Waals surface area (Å²) < 4.78 is 0. The molecule has 1 saturated carbocycles. The standard InChI is InChI=1S/C12H20N2/c1-3-10(9-13)11(14)12(2)7-5-4-6-8-12/h3-8,14H2,1-2H3. The zero-order chi connectivity index (χ0) is 10.6. The Morgan fingerprint density at radius 1 is 1.36 bits per heavy atom. The molecule has 0 radical (unpaired) electrons. The highest BCUT2D eigenvalue weighted by molar-refractivity contribution is 5.29. The molecular formula is C12H20N2. The van der Waals surface area contributed by atoms with Crippen LogP contribution in [0.15, 0.2) is 11.3 Å². The lowest BCUT2D eigenvalue weighted by molar-refractivity contribution is 0.263. The topological polar surface area (TPSA) is 49.8 Å². The zero-order valence-corrected chi connectivity index (χ0v) is 9.27. The number of nitrogens with zero attached hydrogens (tertiary/aromatic N) is 1. The Balaban J connectivity index is 2.90. The molecular weight excluding hydrogens is 172 g/mol. The summed E-state index contributed by atoms with van der Waals surface area (Å²) in [7, 11) is 0. The molecule has 0 amide bonds. The quantitative estimate of drug-likeness (QED) is 0.683. The van der Waals surface area contributed by atoms with Gasteiger partial charge in [0.15, 0.2) is 0 Å². The van der Waals surface area contributed by atoms with E-state index in [4.69, 9.17) is 11.0 Å². The Hall–Kier alpha value is -0.970. The lowest BCUT2D eigenvalue weighted by Crippen LogP contribution is -2.28. The molecule has 1 aliphatic carbocycles. The molecule has 2 N–H and O–H groups in total. The van der Waals surface area contributed by atoms with Crippen molar-refractivity contribution >= 4 is 0 Å². The third kappa shape index (κ3) is 2.09. The maximum Gasteiger partial charge on any atom is 0.0965 e. The summed E-state index contributed by atoms with van der Waals surface area (Å²) in [5, 5.41) is 8.95. The highest BCUT2D eigenvalue weighted by Crippen LogP contribution is 2.41. The minimum atomic E-state index is 0.0966. The van der Waals surface area contributed by atoms with E-state index in [2.05, 4.69) is 13.0 Å². The highest BCUT2D eigenvalue weighted by Gasteiger charge is 2.30. The van der Waals surface area contributed by atoms with Crippen molar-refractivity contribution in [3.8, 4) is 6.07 Å². The smallest absolute Gasteiger partial charge is 0.0965 e. The number of hydrogen-bond donors (Lipinski definition) is 1. The van der Waals surface area contributed by atoms with Crippen molar-refractivity contribution in [2.45, 2.75) is 52.4 Å². The van der Waals surface area contributed by atoms with E-state index < -0.39 is 0 Å². The van der Waals surface area contributed by atoms with Crippen molar-refractivity contribution in [2.75, 3.05) is 0 Å². The minimum Gasteiger partial charge on any atom is -0.401 e. The van der Waals surface area contributed by atoms with Crippen LogP contribution in [0.1, 0.15) is 52.4 Å². The van der Waals surface area contributed by atoms with Crippen LogP contribution in [0.25, 0.3) is 0 Å². The van der Waals surface area contributed by atoms with Crippen molar-refractivity contribution in [1.82, 2.24) is 0 Å². The Kier molecular flexibility index (Phi) is 3.57. The van der Waals surface area contributed by atoms with Gasteiger partial charge in [-0.1, -0.05) is 33.1 Å². The van der Waals surface area contributed by atoms with Crippen molar-refractivity contribution < 1.29 is 0 Å². The summed E-state index contributed by atoms with van der Waals surface area (Å²) in [6.07, 6.45) is 6.86. The summed E-state index contributed by atoms with van der Waals surface area (Å²) in [4.78, 5) is 0. The van der Waals surface area contributed by atoms with E-state index in [-0.39, 0.29) is 5.41 Å². The van der Waals surface area contributed by atoms with E-state index >= 15 is 0 Å². The molecule has 78 valence electrons. The first-order valence-electron chi connectivity index (χ1n) is 5.53. The van der Waals surface area contributed by atoms with Gasteiger partial charge in [-0.3, -0.25) is 0 Å². The summed E-state index contributed by atoms with van der Waals surface area (Å²) in [5.41, 5.74) is 7.84. The van der Waals surface area contributed by atoms with Gasteiger partial charge in [0.05, 0.1) is 6.07 Å². The molecule has 0 saturated heterocycles. The molecule has 1 aliphatic rings. The first kappa shape index (κ1) is 11.1. The van der Waals surface area contributed by atoms with Gasteiger partial charge in [0, 0.05) is 16.7 Å². The van der Waals surface area contributed by atoms with Crippen LogP contribution in [0.5, 0.6) is 0 Å². The summed E-state index contributed by atoms with van der Waals surface area (Å²) >= 11 is 0. The fourth-order valence-corrected chi connectivity index (χ4v) is 2.30. The molecule has 0 unspecified atom stereocenters. The average Bonchev–Trinajstić information content (AvgIpc) is 2.20. The molecule has 0 aromatic carbocycles. The van der Waals surface area contributed by atoms with Crippen LogP contribution < -0.4 is 5.73 Å². The Labute approximate surface area is 86.8 Å². The van der Waals surface area contributed by atoms with Crippen LogP contribution in [-0.2, 0) is 0 Å². The summed E-state index contributed by atoms with van der Waals surface area (Å²) in [6, 6.07) is 2.23. The fraction of sp³-hybridized carbons (Fsp3) is 0.750. The number of nitrogens with two attached hydrogens (primary N) is 1. The second-order valence-electron chi connectivity index (χ2n) is 4.48. The van der Waals surface area contributed by atoms with E-state index in [1.54, 1.807) is 0 Å². The van der Waals surface area contributed by atoms with Gasteiger partial charge in [-0.25, -0.2) is 0 Å². The van der Waals surface area contributed by atoms with Gasteiger partial charge in [0.2, 0.25) is 0 Å². The maximum absolute atomic E-state index is 8.95. The van der Waals surface area contributed by atoms with E-state index in [0.717, 1.165) is 30.5 Å². The predicted octanol–water partition coefficient (Wildman–Crippen LogP) is 3.10. The van der Waals surface area contributed by atoms with Crippen LogP contribution in [0.2, 0.25) is 0 Å².